The number of amides is 2. The van der Waals surface area contributed by atoms with E-state index in [9.17, 15) is 13.6 Å². The van der Waals surface area contributed by atoms with E-state index >= 15 is 0 Å². The van der Waals surface area contributed by atoms with E-state index in [2.05, 4.69) is 10.6 Å². The van der Waals surface area contributed by atoms with Crippen molar-refractivity contribution in [3.8, 4) is 0 Å². The molecule has 24 heavy (non-hydrogen) atoms. The molecule has 1 heterocycles. The standard InChI is InChI=1S/C18H14F2N2OS/c19-13-8-9-15(14(20)11-13)21-18(23)22-17(16-7-4-10-24-16)12-5-2-1-3-6-12/h1-11,17H,(H2,21,22,23)/t17-/m0/s1. The van der Waals surface area contributed by atoms with Gasteiger partial charge in [-0.2, -0.15) is 0 Å². The van der Waals surface area contributed by atoms with E-state index in [0.29, 0.717) is 0 Å². The number of carbonyl (C=O) groups is 1. The molecule has 1 aromatic heterocycles. The Bertz CT molecular complexity index is 822. The lowest BCUT2D eigenvalue weighted by Crippen LogP contribution is -2.33. The molecule has 0 saturated carbocycles. The minimum Gasteiger partial charge on any atom is -0.326 e. The highest BCUT2D eigenvalue weighted by Gasteiger charge is 2.18. The van der Waals surface area contributed by atoms with E-state index in [4.69, 9.17) is 0 Å². The highest BCUT2D eigenvalue weighted by Crippen LogP contribution is 2.26. The van der Waals surface area contributed by atoms with Crippen molar-refractivity contribution in [3.05, 3.63) is 88.1 Å². The lowest BCUT2D eigenvalue weighted by atomic mass is 10.1. The monoisotopic (exact) mass is 344 g/mol. The first kappa shape index (κ1) is 16.1. The minimum absolute atomic E-state index is 0.0770. The average Bonchev–Trinajstić information content (AvgIpc) is 3.10. The van der Waals surface area contributed by atoms with Crippen LogP contribution in [0.4, 0.5) is 19.3 Å². The molecular weight excluding hydrogens is 330 g/mol. The Morgan fingerprint density at radius 3 is 2.46 bits per heavy atom. The molecule has 6 heteroatoms. The van der Waals surface area contributed by atoms with Crippen molar-refractivity contribution < 1.29 is 13.6 Å². The summed E-state index contributed by atoms with van der Waals surface area (Å²) in [6.07, 6.45) is 0. The Morgan fingerprint density at radius 1 is 1.00 bits per heavy atom. The number of nitrogens with one attached hydrogen (secondary N) is 2. The Kier molecular flexibility index (Phi) is 4.86. The van der Waals surface area contributed by atoms with Crippen LogP contribution in [0.1, 0.15) is 16.5 Å². The molecular formula is C18H14F2N2OS. The van der Waals surface area contributed by atoms with Gasteiger partial charge in [0, 0.05) is 10.9 Å². The summed E-state index contributed by atoms with van der Waals surface area (Å²) in [5.74, 6) is -1.52. The molecule has 122 valence electrons. The number of benzene rings is 2. The first-order chi connectivity index (χ1) is 11.6. The summed E-state index contributed by atoms with van der Waals surface area (Å²) in [7, 11) is 0. The largest absolute Gasteiger partial charge is 0.326 e. The Morgan fingerprint density at radius 2 is 1.79 bits per heavy atom. The Hall–Kier alpha value is -2.73. The van der Waals surface area contributed by atoms with Crippen molar-refractivity contribution in [1.29, 1.82) is 0 Å². The molecule has 2 aromatic carbocycles. The van der Waals surface area contributed by atoms with Gasteiger partial charge in [0.25, 0.3) is 0 Å². The molecule has 0 aliphatic heterocycles. The number of thiophene rings is 1. The smallest absolute Gasteiger partial charge is 0.320 e. The minimum atomic E-state index is -0.822. The van der Waals surface area contributed by atoms with E-state index < -0.39 is 17.7 Å². The van der Waals surface area contributed by atoms with Crippen LogP contribution < -0.4 is 10.6 Å². The summed E-state index contributed by atoms with van der Waals surface area (Å²) in [4.78, 5) is 13.2. The van der Waals surface area contributed by atoms with Gasteiger partial charge in [0.2, 0.25) is 0 Å². The van der Waals surface area contributed by atoms with Gasteiger partial charge >= 0.3 is 6.03 Å². The van der Waals surface area contributed by atoms with Crippen LogP contribution >= 0.6 is 11.3 Å². The quantitative estimate of drug-likeness (QED) is 0.692. The number of hydrogen-bond acceptors (Lipinski definition) is 2. The number of carbonyl (C=O) groups excluding carboxylic acids is 1. The van der Waals surface area contributed by atoms with Crippen LogP contribution in [0.15, 0.2) is 66.0 Å². The van der Waals surface area contributed by atoms with Crippen molar-refractivity contribution in [2.45, 2.75) is 6.04 Å². The number of rotatable bonds is 4. The molecule has 3 nitrogen and oxygen atoms in total. The molecule has 0 spiro atoms. The molecule has 2 amide bonds. The molecule has 2 N–H and O–H groups in total. The summed E-state index contributed by atoms with van der Waals surface area (Å²) in [6.45, 7) is 0. The fourth-order valence-electron chi connectivity index (χ4n) is 2.30. The summed E-state index contributed by atoms with van der Waals surface area (Å²) in [6, 6.07) is 15.4. The molecule has 0 unspecified atom stereocenters. The first-order valence-electron chi connectivity index (χ1n) is 7.24. The first-order valence-corrected chi connectivity index (χ1v) is 8.12. The van der Waals surface area contributed by atoms with Crippen molar-refractivity contribution in [1.82, 2.24) is 5.32 Å². The maximum absolute atomic E-state index is 13.7. The highest BCUT2D eigenvalue weighted by molar-refractivity contribution is 7.10. The number of urea groups is 1. The van der Waals surface area contributed by atoms with Gasteiger partial charge in [-0.1, -0.05) is 36.4 Å². The third-order valence-electron chi connectivity index (χ3n) is 3.42. The predicted octanol–water partition coefficient (Wildman–Crippen LogP) is 4.94. The molecule has 1 atom stereocenters. The van der Waals surface area contributed by atoms with Gasteiger partial charge in [0.15, 0.2) is 0 Å². The van der Waals surface area contributed by atoms with E-state index in [0.717, 1.165) is 22.6 Å². The molecule has 0 radical (unpaired) electrons. The van der Waals surface area contributed by atoms with Gasteiger partial charge in [-0.3, -0.25) is 0 Å². The molecule has 0 fully saturated rings. The molecule has 3 aromatic rings. The lowest BCUT2D eigenvalue weighted by Gasteiger charge is -2.18. The van der Waals surface area contributed by atoms with Gasteiger partial charge in [-0.15, -0.1) is 11.3 Å². The van der Waals surface area contributed by atoms with E-state index in [1.165, 1.54) is 17.4 Å². The van der Waals surface area contributed by atoms with E-state index in [1.54, 1.807) is 0 Å². The van der Waals surface area contributed by atoms with Gasteiger partial charge in [0.05, 0.1) is 11.7 Å². The fourth-order valence-corrected chi connectivity index (χ4v) is 3.10. The van der Waals surface area contributed by atoms with Crippen LogP contribution in [0, 0.1) is 11.6 Å². The Balaban J connectivity index is 1.79. The molecule has 0 aliphatic rings. The van der Waals surface area contributed by atoms with Gasteiger partial charge < -0.3 is 10.6 Å². The third-order valence-corrected chi connectivity index (χ3v) is 4.35. The van der Waals surface area contributed by atoms with E-state index in [1.807, 2.05) is 47.8 Å². The summed E-state index contributed by atoms with van der Waals surface area (Å²) >= 11 is 1.51. The summed E-state index contributed by atoms with van der Waals surface area (Å²) in [5, 5.41) is 7.16. The van der Waals surface area contributed by atoms with Crippen LogP contribution in [0.3, 0.4) is 0 Å². The molecule has 3 rings (SSSR count). The van der Waals surface area contributed by atoms with Crippen molar-refractivity contribution in [2.75, 3.05) is 5.32 Å². The maximum Gasteiger partial charge on any atom is 0.320 e. The summed E-state index contributed by atoms with van der Waals surface area (Å²) < 4.78 is 26.6. The molecule has 0 bridgehead atoms. The van der Waals surface area contributed by atoms with Crippen LogP contribution in [0.25, 0.3) is 0 Å². The number of hydrogen-bond donors (Lipinski definition) is 2. The highest BCUT2D eigenvalue weighted by atomic mass is 32.1. The zero-order valence-electron chi connectivity index (χ0n) is 12.5. The lowest BCUT2D eigenvalue weighted by molar-refractivity contribution is 0.250. The second-order valence-corrected chi connectivity index (χ2v) is 6.06. The van der Waals surface area contributed by atoms with Crippen molar-refractivity contribution in [3.63, 3.8) is 0 Å². The van der Waals surface area contributed by atoms with Gasteiger partial charge in [-0.25, -0.2) is 13.6 Å². The SMILES string of the molecule is O=C(Nc1ccc(F)cc1F)N[C@@H](c1ccccc1)c1cccs1. The number of anilines is 1. The maximum atomic E-state index is 13.7. The van der Waals surface area contributed by atoms with Gasteiger partial charge in [0.1, 0.15) is 11.6 Å². The zero-order valence-corrected chi connectivity index (χ0v) is 13.3. The van der Waals surface area contributed by atoms with Crippen LogP contribution in [-0.4, -0.2) is 6.03 Å². The zero-order chi connectivity index (χ0) is 16.9. The normalized spacial score (nSPS) is 11.8. The fraction of sp³-hybridized carbons (Fsp3) is 0.0556. The van der Waals surface area contributed by atoms with Crippen LogP contribution in [-0.2, 0) is 0 Å². The summed E-state index contributed by atoms with van der Waals surface area (Å²) in [5.41, 5.74) is 0.835. The predicted molar refractivity (Wildman–Crippen MR) is 91.1 cm³/mol. The van der Waals surface area contributed by atoms with Crippen molar-refractivity contribution in [2.24, 2.45) is 0 Å². The molecule has 0 saturated heterocycles. The number of halogens is 2. The Labute approximate surface area is 142 Å². The van der Waals surface area contributed by atoms with Crippen LogP contribution in [0.2, 0.25) is 0 Å². The second kappa shape index (κ2) is 7.23. The second-order valence-electron chi connectivity index (χ2n) is 5.08. The average molecular weight is 344 g/mol. The molecule has 0 aliphatic carbocycles. The topological polar surface area (TPSA) is 41.1 Å². The van der Waals surface area contributed by atoms with E-state index in [-0.39, 0.29) is 11.7 Å². The van der Waals surface area contributed by atoms with Gasteiger partial charge in [-0.05, 0) is 29.1 Å². The third kappa shape index (κ3) is 3.78. The van der Waals surface area contributed by atoms with Crippen LogP contribution in [0.5, 0.6) is 0 Å². The van der Waals surface area contributed by atoms with Crippen molar-refractivity contribution >= 4 is 23.1 Å².